The molecule has 0 aromatic heterocycles. The van der Waals surface area contributed by atoms with Crippen molar-refractivity contribution in [1.29, 1.82) is 0 Å². The lowest BCUT2D eigenvalue weighted by Crippen LogP contribution is -2.35. The quantitative estimate of drug-likeness (QED) is 0.730. The van der Waals surface area contributed by atoms with Crippen LogP contribution in [0.5, 0.6) is 0 Å². The fourth-order valence-electron chi connectivity index (χ4n) is 2.03. The molecule has 1 aromatic carbocycles. The molecule has 0 aliphatic heterocycles. The molecule has 110 valence electrons. The third kappa shape index (κ3) is 4.37. The number of carboxylic acid groups (broad SMARTS) is 1. The van der Waals surface area contributed by atoms with E-state index >= 15 is 0 Å². The van der Waals surface area contributed by atoms with Gasteiger partial charge >= 0.3 is 0 Å². The Hall–Kier alpha value is -1.84. The number of benzene rings is 1. The zero-order valence-electron chi connectivity index (χ0n) is 12.2. The minimum Gasteiger partial charge on any atom is -0.545 e. The first-order valence-corrected chi connectivity index (χ1v) is 7.21. The summed E-state index contributed by atoms with van der Waals surface area (Å²) >= 11 is 0. The van der Waals surface area contributed by atoms with Crippen LogP contribution in [0.1, 0.15) is 60.2 Å². The fraction of sp³-hybridized carbons (Fsp3) is 0.500. The van der Waals surface area contributed by atoms with Gasteiger partial charge in [-0.25, -0.2) is 0 Å². The lowest BCUT2D eigenvalue weighted by molar-refractivity contribution is -0.255. The fourth-order valence-corrected chi connectivity index (χ4v) is 2.03. The van der Waals surface area contributed by atoms with Crippen LogP contribution >= 0.6 is 0 Å². The summed E-state index contributed by atoms with van der Waals surface area (Å²) in [7, 11) is 0. The largest absolute Gasteiger partial charge is 0.545 e. The third-order valence-electron chi connectivity index (χ3n) is 3.23. The number of carbonyl (C=O) groups is 2. The van der Waals surface area contributed by atoms with E-state index < -0.39 is 5.97 Å². The van der Waals surface area contributed by atoms with E-state index in [9.17, 15) is 14.7 Å². The van der Waals surface area contributed by atoms with E-state index in [0.717, 1.165) is 25.7 Å². The van der Waals surface area contributed by atoms with Gasteiger partial charge in [-0.3, -0.25) is 4.79 Å². The molecule has 0 saturated carbocycles. The molecular formula is C16H22NO3-. The summed E-state index contributed by atoms with van der Waals surface area (Å²) < 4.78 is 0. The summed E-state index contributed by atoms with van der Waals surface area (Å²) in [5.41, 5.74) is 0.190. The lowest BCUT2D eigenvalue weighted by atomic mass is 10.1. The summed E-state index contributed by atoms with van der Waals surface area (Å²) in [5.74, 6) is -1.52. The van der Waals surface area contributed by atoms with Crippen LogP contribution in [0.2, 0.25) is 0 Å². The second kappa shape index (κ2) is 8.35. The van der Waals surface area contributed by atoms with E-state index in [-0.39, 0.29) is 17.0 Å². The van der Waals surface area contributed by atoms with E-state index in [4.69, 9.17) is 0 Å². The maximum absolute atomic E-state index is 12.5. The Bertz CT molecular complexity index is 449. The monoisotopic (exact) mass is 276 g/mol. The Labute approximate surface area is 120 Å². The SMILES string of the molecule is CCCCN(CCCC)C(=O)c1ccccc1C(=O)[O-]. The summed E-state index contributed by atoms with van der Waals surface area (Å²) in [4.78, 5) is 25.4. The zero-order chi connectivity index (χ0) is 15.0. The second-order valence-corrected chi connectivity index (χ2v) is 4.83. The van der Waals surface area contributed by atoms with Gasteiger partial charge < -0.3 is 14.8 Å². The Balaban J connectivity index is 2.95. The van der Waals surface area contributed by atoms with Crippen LogP contribution < -0.4 is 5.11 Å². The van der Waals surface area contributed by atoms with Crippen LogP contribution in [0.4, 0.5) is 0 Å². The van der Waals surface area contributed by atoms with Gasteiger partial charge in [-0.1, -0.05) is 44.9 Å². The van der Waals surface area contributed by atoms with E-state index in [2.05, 4.69) is 13.8 Å². The molecule has 20 heavy (non-hydrogen) atoms. The Morgan fingerprint density at radius 2 is 1.50 bits per heavy atom. The van der Waals surface area contributed by atoms with Crippen molar-refractivity contribution in [3.8, 4) is 0 Å². The minimum atomic E-state index is -1.31. The maximum Gasteiger partial charge on any atom is 0.254 e. The average molecular weight is 276 g/mol. The van der Waals surface area contributed by atoms with Crippen molar-refractivity contribution in [2.75, 3.05) is 13.1 Å². The van der Waals surface area contributed by atoms with Crippen molar-refractivity contribution in [3.63, 3.8) is 0 Å². The summed E-state index contributed by atoms with van der Waals surface area (Å²) in [6.45, 7) is 5.46. The predicted molar refractivity (Wildman–Crippen MR) is 76.5 cm³/mol. The molecule has 0 unspecified atom stereocenters. The van der Waals surface area contributed by atoms with Crippen molar-refractivity contribution < 1.29 is 14.7 Å². The first-order valence-electron chi connectivity index (χ1n) is 7.21. The van der Waals surface area contributed by atoms with Gasteiger partial charge in [-0.05, 0) is 18.9 Å². The number of carboxylic acids is 1. The Morgan fingerprint density at radius 1 is 1.00 bits per heavy atom. The molecule has 0 heterocycles. The van der Waals surface area contributed by atoms with E-state index in [1.165, 1.54) is 6.07 Å². The maximum atomic E-state index is 12.5. The zero-order valence-corrected chi connectivity index (χ0v) is 12.2. The molecule has 0 saturated heterocycles. The van der Waals surface area contributed by atoms with Gasteiger partial charge in [0.1, 0.15) is 0 Å². The van der Waals surface area contributed by atoms with Crippen LogP contribution in [0, 0.1) is 0 Å². The average Bonchev–Trinajstić information content (AvgIpc) is 2.46. The Kier molecular flexibility index (Phi) is 6.77. The molecule has 1 aromatic rings. The standard InChI is InChI=1S/C16H23NO3/c1-3-5-11-17(12-6-4-2)15(18)13-9-7-8-10-14(13)16(19)20/h7-10H,3-6,11-12H2,1-2H3,(H,19,20)/p-1. The van der Waals surface area contributed by atoms with Crippen LogP contribution in [-0.2, 0) is 0 Å². The highest BCUT2D eigenvalue weighted by Crippen LogP contribution is 2.13. The molecule has 4 nitrogen and oxygen atoms in total. The van der Waals surface area contributed by atoms with Crippen molar-refractivity contribution in [2.24, 2.45) is 0 Å². The summed E-state index contributed by atoms with van der Waals surface area (Å²) in [6.07, 6.45) is 3.84. The molecular weight excluding hydrogens is 254 g/mol. The van der Waals surface area contributed by atoms with Gasteiger partial charge in [-0.15, -0.1) is 0 Å². The van der Waals surface area contributed by atoms with Crippen molar-refractivity contribution >= 4 is 11.9 Å². The van der Waals surface area contributed by atoms with E-state index in [1.807, 2.05) is 0 Å². The van der Waals surface area contributed by atoms with Gasteiger partial charge in [0.15, 0.2) is 0 Å². The normalized spacial score (nSPS) is 10.3. The molecule has 0 bridgehead atoms. The number of aromatic carboxylic acids is 1. The smallest absolute Gasteiger partial charge is 0.254 e. The number of unbranched alkanes of at least 4 members (excludes halogenated alkanes) is 2. The molecule has 1 amide bonds. The van der Waals surface area contributed by atoms with Gasteiger partial charge in [0.25, 0.3) is 5.91 Å². The van der Waals surface area contributed by atoms with Crippen LogP contribution in [0.15, 0.2) is 24.3 Å². The summed E-state index contributed by atoms with van der Waals surface area (Å²) in [5, 5.41) is 11.1. The first kappa shape index (κ1) is 16.2. The summed E-state index contributed by atoms with van der Waals surface area (Å²) in [6, 6.07) is 6.25. The molecule has 0 fully saturated rings. The lowest BCUT2D eigenvalue weighted by Gasteiger charge is -2.24. The van der Waals surface area contributed by atoms with Gasteiger partial charge in [0, 0.05) is 24.2 Å². The molecule has 0 aliphatic rings. The highest BCUT2D eigenvalue weighted by molar-refractivity contribution is 6.04. The molecule has 1 rings (SSSR count). The molecule has 0 aliphatic carbocycles. The molecule has 0 atom stereocenters. The van der Waals surface area contributed by atoms with E-state index in [1.54, 1.807) is 23.1 Å². The minimum absolute atomic E-state index is 0.0319. The molecule has 0 N–H and O–H groups in total. The Morgan fingerprint density at radius 3 is 1.95 bits per heavy atom. The van der Waals surface area contributed by atoms with E-state index in [0.29, 0.717) is 13.1 Å². The van der Waals surface area contributed by atoms with Crippen LogP contribution in [-0.4, -0.2) is 29.9 Å². The predicted octanol–water partition coefficient (Wildman–Crippen LogP) is 2.09. The van der Waals surface area contributed by atoms with Crippen LogP contribution in [0.25, 0.3) is 0 Å². The van der Waals surface area contributed by atoms with Crippen molar-refractivity contribution in [2.45, 2.75) is 39.5 Å². The van der Waals surface area contributed by atoms with Gasteiger partial charge in [-0.2, -0.15) is 0 Å². The molecule has 0 radical (unpaired) electrons. The molecule has 4 heteroatoms. The first-order chi connectivity index (χ1) is 9.61. The number of rotatable bonds is 8. The van der Waals surface area contributed by atoms with Crippen molar-refractivity contribution in [1.82, 2.24) is 4.90 Å². The number of hydrogen-bond donors (Lipinski definition) is 0. The van der Waals surface area contributed by atoms with Gasteiger partial charge in [0.05, 0.1) is 5.97 Å². The number of amides is 1. The third-order valence-corrected chi connectivity index (χ3v) is 3.23. The van der Waals surface area contributed by atoms with Crippen molar-refractivity contribution in [3.05, 3.63) is 35.4 Å². The highest BCUT2D eigenvalue weighted by atomic mass is 16.4. The highest BCUT2D eigenvalue weighted by Gasteiger charge is 2.18. The number of nitrogens with zero attached hydrogens (tertiary/aromatic N) is 1. The second-order valence-electron chi connectivity index (χ2n) is 4.83. The van der Waals surface area contributed by atoms with Gasteiger partial charge in [0.2, 0.25) is 0 Å². The molecule has 0 spiro atoms. The topological polar surface area (TPSA) is 60.4 Å². The number of carbonyl (C=O) groups excluding carboxylic acids is 2. The van der Waals surface area contributed by atoms with Crippen LogP contribution in [0.3, 0.4) is 0 Å². The number of hydrogen-bond acceptors (Lipinski definition) is 3.